The topological polar surface area (TPSA) is 20.3 Å². The lowest BCUT2D eigenvalue weighted by Gasteiger charge is -2.25. The Balaban J connectivity index is 1.93. The second-order valence-electron chi connectivity index (χ2n) is 6.33. The predicted octanol–water partition coefficient (Wildman–Crippen LogP) is 5.24. The molecule has 0 aromatic heterocycles. The second-order valence-corrected chi connectivity index (χ2v) is 7.52. The average molecular weight is 320 g/mol. The quantitative estimate of drug-likeness (QED) is 0.641. The molecule has 1 unspecified atom stereocenters. The number of carbonyl (C=O) groups excluding carboxylic acids is 1. The molecular formula is C19H29NOS. The highest BCUT2D eigenvalue weighted by Crippen LogP contribution is 2.39. The zero-order chi connectivity index (χ0) is 15.9. The number of aryl methyl sites for hydroxylation is 2. The third-order valence-electron chi connectivity index (χ3n) is 4.40. The van der Waals surface area contributed by atoms with Gasteiger partial charge >= 0.3 is 0 Å². The van der Waals surface area contributed by atoms with Crippen molar-refractivity contribution in [2.45, 2.75) is 64.7 Å². The van der Waals surface area contributed by atoms with Gasteiger partial charge in [-0.15, -0.1) is 11.8 Å². The van der Waals surface area contributed by atoms with Crippen LogP contribution in [0.1, 0.15) is 67.5 Å². The smallest absolute Gasteiger partial charge is 0.223 e. The summed E-state index contributed by atoms with van der Waals surface area (Å²) in [6.07, 6.45) is 6.75. The fourth-order valence-corrected chi connectivity index (χ4v) is 4.48. The molecule has 1 heterocycles. The van der Waals surface area contributed by atoms with E-state index < -0.39 is 0 Å². The minimum absolute atomic E-state index is 0.226. The first kappa shape index (κ1) is 17.4. The van der Waals surface area contributed by atoms with Crippen molar-refractivity contribution in [1.82, 2.24) is 4.90 Å². The first-order valence-electron chi connectivity index (χ1n) is 8.61. The van der Waals surface area contributed by atoms with Crippen molar-refractivity contribution in [3.8, 4) is 0 Å². The first-order valence-corrected chi connectivity index (χ1v) is 9.66. The zero-order valence-corrected chi connectivity index (χ0v) is 15.0. The van der Waals surface area contributed by atoms with Gasteiger partial charge in [0, 0.05) is 18.7 Å². The molecule has 0 aliphatic carbocycles. The van der Waals surface area contributed by atoms with Crippen LogP contribution in [0.5, 0.6) is 0 Å². The van der Waals surface area contributed by atoms with Crippen molar-refractivity contribution >= 4 is 17.7 Å². The molecule has 1 fully saturated rings. The van der Waals surface area contributed by atoms with Crippen LogP contribution in [-0.4, -0.2) is 23.1 Å². The Bertz CT molecular complexity index is 500. The summed E-state index contributed by atoms with van der Waals surface area (Å²) in [5.41, 5.74) is 3.91. The number of hydrogen-bond acceptors (Lipinski definition) is 2. The van der Waals surface area contributed by atoms with Crippen LogP contribution in [0.4, 0.5) is 0 Å². The van der Waals surface area contributed by atoms with Gasteiger partial charge in [-0.3, -0.25) is 4.79 Å². The van der Waals surface area contributed by atoms with Crippen molar-refractivity contribution in [2.75, 3.05) is 12.3 Å². The Hall–Kier alpha value is -0.960. The van der Waals surface area contributed by atoms with Gasteiger partial charge < -0.3 is 4.90 Å². The molecule has 1 aromatic carbocycles. The standard InChI is InChI=1S/C19H29NOS/c1-4-5-6-7-8-9-18(21)20-12-13-22-19(20)17-11-10-15(2)14-16(17)3/h10-11,14,19H,4-9,12-13H2,1-3H3. The highest BCUT2D eigenvalue weighted by Gasteiger charge is 2.30. The minimum atomic E-state index is 0.226. The summed E-state index contributed by atoms with van der Waals surface area (Å²) < 4.78 is 0. The Kier molecular flexibility index (Phi) is 6.81. The molecule has 0 saturated carbocycles. The lowest BCUT2D eigenvalue weighted by Crippen LogP contribution is -2.30. The molecule has 1 amide bonds. The third kappa shape index (κ3) is 4.52. The molecule has 1 aliphatic rings. The van der Waals surface area contributed by atoms with Crippen LogP contribution >= 0.6 is 11.8 Å². The predicted molar refractivity (Wildman–Crippen MR) is 96.2 cm³/mol. The van der Waals surface area contributed by atoms with E-state index in [-0.39, 0.29) is 5.37 Å². The van der Waals surface area contributed by atoms with Crippen LogP contribution in [0.25, 0.3) is 0 Å². The van der Waals surface area contributed by atoms with Crippen LogP contribution < -0.4 is 0 Å². The van der Waals surface area contributed by atoms with E-state index in [1.165, 1.54) is 42.4 Å². The zero-order valence-electron chi connectivity index (χ0n) is 14.2. The molecule has 122 valence electrons. The molecule has 1 aromatic rings. The lowest BCUT2D eigenvalue weighted by atomic mass is 10.0. The number of rotatable bonds is 7. The van der Waals surface area contributed by atoms with Crippen molar-refractivity contribution in [2.24, 2.45) is 0 Å². The van der Waals surface area contributed by atoms with E-state index in [9.17, 15) is 4.79 Å². The molecule has 2 nitrogen and oxygen atoms in total. The molecule has 0 spiro atoms. The number of thioether (sulfide) groups is 1. The number of benzene rings is 1. The Morgan fingerprint density at radius 2 is 2.00 bits per heavy atom. The van der Waals surface area contributed by atoms with Gasteiger partial charge in [0.1, 0.15) is 5.37 Å². The molecule has 0 bridgehead atoms. The Morgan fingerprint density at radius 1 is 1.23 bits per heavy atom. The summed E-state index contributed by atoms with van der Waals surface area (Å²) >= 11 is 1.90. The van der Waals surface area contributed by atoms with Crippen molar-refractivity contribution in [3.05, 3.63) is 34.9 Å². The summed E-state index contributed by atoms with van der Waals surface area (Å²) in [6.45, 7) is 7.41. The van der Waals surface area contributed by atoms with Gasteiger partial charge in [0.25, 0.3) is 0 Å². The van der Waals surface area contributed by atoms with Crippen LogP contribution in [0.2, 0.25) is 0 Å². The largest absolute Gasteiger partial charge is 0.326 e. The van der Waals surface area contributed by atoms with E-state index in [1.807, 2.05) is 11.8 Å². The van der Waals surface area contributed by atoms with Gasteiger partial charge in [-0.2, -0.15) is 0 Å². The van der Waals surface area contributed by atoms with E-state index in [2.05, 4.69) is 43.9 Å². The van der Waals surface area contributed by atoms with Gasteiger partial charge in [-0.1, -0.05) is 56.4 Å². The van der Waals surface area contributed by atoms with E-state index in [0.29, 0.717) is 12.3 Å². The molecule has 3 heteroatoms. The summed E-state index contributed by atoms with van der Waals surface area (Å²) in [7, 11) is 0. The van der Waals surface area contributed by atoms with Crippen LogP contribution in [-0.2, 0) is 4.79 Å². The first-order chi connectivity index (χ1) is 10.6. The molecule has 1 saturated heterocycles. The number of amides is 1. The van der Waals surface area contributed by atoms with Crippen molar-refractivity contribution in [1.29, 1.82) is 0 Å². The van der Waals surface area contributed by atoms with Gasteiger partial charge in [0.2, 0.25) is 5.91 Å². The minimum Gasteiger partial charge on any atom is -0.326 e. The monoisotopic (exact) mass is 319 g/mol. The molecule has 1 atom stereocenters. The van der Waals surface area contributed by atoms with Crippen molar-refractivity contribution in [3.63, 3.8) is 0 Å². The Labute approximate surface area is 139 Å². The molecular weight excluding hydrogens is 290 g/mol. The van der Waals surface area contributed by atoms with E-state index in [0.717, 1.165) is 18.7 Å². The summed E-state index contributed by atoms with van der Waals surface area (Å²) in [6, 6.07) is 6.59. The normalized spacial score (nSPS) is 18.0. The lowest BCUT2D eigenvalue weighted by molar-refractivity contribution is -0.131. The molecule has 1 aliphatic heterocycles. The molecule has 0 N–H and O–H groups in total. The average Bonchev–Trinajstić information content (AvgIpc) is 2.96. The van der Waals surface area contributed by atoms with Crippen LogP contribution in [0.15, 0.2) is 18.2 Å². The fourth-order valence-electron chi connectivity index (χ4n) is 3.11. The van der Waals surface area contributed by atoms with Gasteiger partial charge in [0.15, 0.2) is 0 Å². The second kappa shape index (κ2) is 8.61. The number of nitrogens with zero attached hydrogens (tertiary/aromatic N) is 1. The summed E-state index contributed by atoms with van der Waals surface area (Å²) in [4.78, 5) is 14.7. The van der Waals surface area contributed by atoms with Gasteiger partial charge in [0.05, 0.1) is 0 Å². The summed E-state index contributed by atoms with van der Waals surface area (Å²) in [5.74, 6) is 1.39. The number of unbranched alkanes of at least 4 members (excludes halogenated alkanes) is 4. The maximum atomic E-state index is 12.6. The summed E-state index contributed by atoms with van der Waals surface area (Å²) in [5, 5.41) is 0.226. The highest BCUT2D eigenvalue weighted by molar-refractivity contribution is 7.99. The highest BCUT2D eigenvalue weighted by atomic mass is 32.2. The van der Waals surface area contributed by atoms with E-state index >= 15 is 0 Å². The molecule has 22 heavy (non-hydrogen) atoms. The van der Waals surface area contributed by atoms with E-state index in [4.69, 9.17) is 0 Å². The van der Waals surface area contributed by atoms with E-state index in [1.54, 1.807) is 0 Å². The molecule has 0 radical (unpaired) electrons. The maximum Gasteiger partial charge on any atom is 0.223 e. The Morgan fingerprint density at radius 3 is 2.73 bits per heavy atom. The van der Waals surface area contributed by atoms with Gasteiger partial charge in [-0.25, -0.2) is 0 Å². The van der Waals surface area contributed by atoms with Crippen LogP contribution in [0.3, 0.4) is 0 Å². The molecule has 2 rings (SSSR count). The maximum absolute atomic E-state index is 12.6. The fraction of sp³-hybridized carbons (Fsp3) is 0.632. The van der Waals surface area contributed by atoms with Crippen LogP contribution in [0, 0.1) is 13.8 Å². The number of hydrogen-bond donors (Lipinski definition) is 0. The number of carbonyl (C=O) groups is 1. The third-order valence-corrected chi connectivity index (χ3v) is 5.64. The van der Waals surface area contributed by atoms with Crippen molar-refractivity contribution < 1.29 is 4.79 Å². The SMILES string of the molecule is CCCCCCCC(=O)N1CCSC1c1ccc(C)cc1C. The van der Waals surface area contributed by atoms with Gasteiger partial charge in [-0.05, 0) is 31.4 Å².